The number of aliphatic carboxylic acids is 1. The molecule has 3 rings (SSSR count). The monoisotopic (exact) mass is 382 g/mol. The molecule has 0 saturated carbocycles. The van der Waals surface area contributed by atoms with Crippen LogP contribution >= 0.6 is 0 Å². The zero-order valence-electron chi connectivity index (χ0n) is 14.8. The number of ketones is 1. The molecule has 1 fully saturated rings. The SMILES string of the molecule is O=C([O-])CCCN1C(=O)C(=O)C(=C(O)c2ccccc2)[C@@H]1c1ccc(F)cc1. The van der Waals surface area contributed by atoms with Gasteiger partial charge in [0.05, 0.1) is 11.6 Å². The van der Waals surface area contributed by atoms with Crippen molar-refractivity contribution in [2.24, 2.45) is 0 Å². The van der Waals surface area contributed by atoms with Crippen molar-refractivity contribution >= 4 is 23.4 Å². The van der Waals surface area contributed by atoms with Gasteiger partial charge in [-0.25, -0.2) is 4.39 Å². The fraction of sp³-hybridized carbons (Fsp3) is 0.190. The maximum Gasteiger partial charge on any atom is 0.295 e. The minimum atomic E-state index is -1.26. The first-order chi connectivity index (χ1) is 13.4. The van der Waals surface area contributed by atoms with Crippen LogP contribution in [-0.2, 0) is 14.4 Å². The van der Waals surface area contributed by atoms with Gasteiger partial charge in [-0.15, -0.1) is 0 Å². The van der Waals surface area contributed by atoms with E-state index in [0.29, 0.717) is 11.1 Å². The molecule has 1 heterocycles. The number of Topliss-reactive ketones (excluding diaryl/α,β-unsaturated/α-hetero) is 1. The summed E-state index contributed by atoms with van der Waals surface area (Å²) in [5, 5.41) is 21.4. The zero-order chi connectivity index (χ0) is 20.3. The van der Waals surface area contributed by atoms with Gasteiger partial charge in [0.15, 0.2) is 0 Å². The molecular weight excluding hydrogens is 365 g/mol. The number of carboxylic acids is 1. The van der Waals surface area contributed by atoms with Crippen molar-refractivity contribution in [2.45, 2.75) is 18.9 Å². The normalized spacial score (nSPS) is 18.5. The number of hydrogen-bond donors (Lipinski definition) is 1. The van der Waals surface area contributed by atoms with E-state index in [2.05, 4.69) is 0 Å². The third-order valence-electron chi connectivity index (χ3n) is 4.55. The minimum absolute atomic E-state index is 0.0217. The van der Waals surface area contributed by atoms with Crippen LogP contribution < -0.4 is 5.11 Å². The first-order valence-corrected chi connectivity index (χ1v) is 8.69. The molecule has 0 spiro atoms. The van der Waals surface area contributed by atoms with E-state index in [9.17, 15) is 29.0 Å². The Morgan fingerprint density at radius 3 is 2.32 bits per heavy atom. The molecule has 1 aliphatic heterocycles. The molecule has 2 aromatic rings. The van der Waals surface area contributed by atoms with E-state index >= 15 is 0 Å². The summed E-state index contributed by atoms with van der Waals surface area (Å²) in [5.74, 6) is -3.80. The van der Waals surface area contributed by atoms with Crippen LogP contribution in [0.2, 0.25) is 0 Å². The molecule has 1 N–H and O–H groups in total. The maximum atomic E-state index is 13.4. The summed E-state index contributed by atoms with van der Waals surface area (Å²) in [6.45, 7) is -0.0217. The lowest BCUT2D eigenvalue weighted by molar-refractivity contribution is -0.305. The van der Waals surface area contributed by atoms with Crippen LogP contribution in [0.25, 0.3) is 5.76 Å². The Labute approximate surface area is 160 Å². The number of carbonyl (C=O) groups is 3. The summed E-state index contributed by atoms with van der Waals surface area (Å²) in [5.41, 5.74) is 0.685. The van der Waals surface area contributed by atoms with E-state index in [0.717, 1.165) is 0 Å². The number of benzene rings is 2. The molecular formula is C21H17FNO5-. The van der Waals surface area contributed by atoms with Gasteiger partial charge in [-0.2, -0.15) is 0 Å². The first kappa shape index (κ1) is 19.3. The van der Waals surface area contributed by atoms with Crippen molar-refractivity contribution in [3.05, 3.63) is 77.1 Å². The Bertz CT molecular complexity index is 937. The van der Waals surface area contributed by atoms with Gasteiger partial charge in [-0.1, -0.05) is 42.5 Å². The number of hydrogen-bond acceptors (Lipinski definition) is 5. The Hall–Kier alpha value is -3.48. The molecule has 0 aromatic heterocycles. The van der Waals surface area contributed by atoms with Gasteiger partial charge < -0.3 is 19.9 Å². The second-order valence-electron chi connectivity index (χ2n) is 6.39. The van der Waals surface area contributed by atoms with Crippen molar-refractivity contribution in [1.82, 2.24) is 4.90 Å². The molecule has 0 radical (unpaired) electrons. The first-order valence-electron chi connectivity index (χ1n) is 8.69. The summed E-state index contributed by atoms with van der Waals surface area (Å²) in [4.78, 5) is 37.1. The van der Waals surface area contributed by atoms with E-state index in [4.69, 9.17) is 0 Å². The fourth-order valence-corrected chi connectivity index (χ4v) is 3.25. The van der Waals surface area contributed by atoms with Crippen LogP contribution in [0.5, 0.6) is 0 Å². The van der Waals surface area contributed by atoms with Crippen LogP contribution in [0.3, 0.4) is 0 Å². The Morgan fingerprint density at radius 1 is 1.07 bits per heavy atom. The van der Waals surface area contributed by atoms with Crippen LogP contribution in [0.15, 0.2) is 60.2 Å². The number of amides is 1. The summed E-state index contributed by atoms with van der Waals surface area (Å²) >= 11 is 0. The second-order valence-corrected chi connectivity index (χ2v) is 6.39. The minimum Gasteiger partial charge on any atom is -0.550 e. The number of nitrogens with zero attached hydrogens (tertiary/aromatic N) is 1. The highest BCUT2D eigenvalue weighted by molar-refractivity contribution is 6.46. The number of aliphatic hydroxyl groups excluding tert-OH is 1. The second kappa shape index (κ2) is 8.04. The summed E-state index contributed by atoms with van der Waals surface area (Å²) in [7, 11) is 0. The van der Waals surface area contributed by atoms with E-state index < -0.39 is 29.5 Å². The van der Waals surface area contributed by atoms with Crippen LogP contribution in [0, 0.1) is 5.82 Å². The van der Waals surface area contributed by atoms with Crippen molar-refractivity contribution in [1.29, 1.82) is 0 Å². The highest BCUT2D eigenvalue weighted by Gasteiger charge is 2.45. The number of aliphatic hydroxyl groups is 1. The van der Waals surface area contributed by atoms with Crippen molar-refractivity contribution in [3.63, 3.8) is 0 Å². The molecule has 0 unspecified atom stereocenters. The molecule has 28 heavy (non-hydrogen) atoms. The summed E-state index contributed by atoms with van der Waals surface area (Å²) < 4.78 is 13.4. The number of halogens is 1. The molecule has 1 saturated heterocycles. The van der Waals surface area contributed by atoms with Crippen LogP contribution in [0.1, 0.15) is 30.0 Å². The van der Waals surface area contributed by atoms with Crippen LogP contribution in [-0.4, -0.2) is 34.2 Å². The predicted molar refractivity (Wildman–Crippen MR) is 96.1 cm³/mol. The van der Waals surface area contributed by atoms with E-state index in [-0.39, 0.29) is 30.7 Å². The molecule has 1 aliphatic rings. The largest absolute Gasteiger partial charge is 0.550 e. The topological polar surface area (TPSA) is 97.7 Å². The third kappa shape index (κ3) is 3.78. The quantitative estimate of drug-likeness (QED) is 0.467. The van der Waals surface area contributed by atoms with Crippen molar-refractivity contribution < 1.29 is 29.0 Å². The van der Waals surface area contributed by atoms with Gasteiger partial charge in [0.25, 0.3) is 11.7 Å². The van der Waals surface area contributed by atoms with Gasteiger partial charge in [0, 0.05) is 18.1 Å². The molecule has 144 valence electrons. The Morgan fingerprint density at radius 2 is 1.71 bits per heavy atom. The molecule has 2 aromatic carbocycles. The average molecular weight is 382 g/mol. The molecule has 0 bridgehead atoms. The molecule has 1 atom stereocenters. The van der Waals surface area contributed by atoms with E-state index in [1.54, 1.807) is 30.3 Å². The van der Waals surface area contributed by atoms with Gasteiger partial charge in [0.1, 0.15) is 11.6 Å². The summed E-state index contributed by atoms with van der Waals surface area (Å²) in [6, 6.07) is 12.6. The van der Waals surface area contributed by atoms with Crippen molar-refractivity contribution in [2.75, 3.05) is 6.54 Å². The molecule has 7 heteroatoms. The van der Waals surface area contributed by atoms with Crippen molar-refractivity contribution in [3.8, 4) is 0 Å². The lowest BCUT2D eigenvalue weighted by atomic mass is 9.95. The smallest absolute Gasteiger partial charge is 0.295 e. The Balaban J connectivity index is 2.08. The Kier molecular flexibility index (Phi) is 5.54. The van der Waals surface area contributed by atoms with E-state index in [1.165, 1.54) is 29.2 Å². The van der Waals surface area contributed by atoms with Gasteiger partial charge in [-0.3, -0.25) is 9.59 Å². The maximum absolute atomic E-state index is 13.4. The van der Waals surface area contributed by atoms with Gasteiger partial charge in [-0.05, 0) is 30.5 Å². The predicted octanol–water partition coefficient (Wildman–Crippen LogP) is 1.78. The van der Waals surface area contributed by atoms with E-state index in [1.807, 2.05) is 0 Å². The fourth-order valence-electron chi connectivity index (χ4n) is 3.25. The molecule has 6 nitrogen and oxygen atoms in total. The lowest BCUT2D eigenvalue weighted by Gasteiger charge is -2.25. The number of carboxylic acid groups (broad SMARTS) is 1. The number of rotatable bonds is 6. The highest BCUT2D eigenvalue weighted by atomic mass is 19.1. The number of likely N-dealkylation sites (tertiary alicyclic amines) is 1. The van der Waals surface area contributed by atoms with Crippen LogP contribution in [0.4, 0.5) is 4.39 Å². The highest BCUT2D eigenvalue weighted by Crippen LogP contribution is 2.39. The lowest BCUT2D eigenvalue weighted by Crippen LogP contribution is -2.32. The zero-order valence-corrected chi connectivity index (χ0v) is 14.8. The summed E-state index contributed by atoms with van der Waals surface area (Å²) in [6.07, 6.45) is -0.198. The van der Waals surface area contributed by atoms with Gasteiger partial charge in [0.2, 0.25) is 0 Å². The third-order valence-corrected chi connectivity index (χ3v) is 4.55. The molecule has 0 aliphatic carbocycles. The average Bonchev–Trinajstić information content (AvgIpc) is 2.93. The molecule has 1 amide bonds. The standard InChI is InChI=1S/C21H18FNO5/c22-15-10-8-13(9-11-15)18-17(19(26)14-5-2-1-3-6-14)20(27)21(28)23(18)12-4-7-16(24)25/h1-3,5-6,8-11,18,26H,4,7,12H2,(H,24,25)/p-1/t18-/m0/s1. The van der Waals surface area contributed by atoms with Gasteiger partial charge >= 0.3 is 0 Å². The number of carbonyl (C=O) groups excluding carboxylic acids is 3.